The number of amides is 1. The molecule has 0 radical (unpaired) electrons. The van der Waals surface area contributed by atoms with E-state index in [1.54, 1.807) is 11.6 Å². The number of carbonyl (C=O) groups excluding carboxylic acids is 1. The molecular weight excluding hydrogens is 539 g/mol. The number of aliphatic imine (C=N–C) groups is 1. The van der Waals surface area contributed by atoms with Gasteiger partial charge in [0.05, 0.1) is 33.0 Å². The number of amidine groups is 1. The molecule has 39 heavy (non-hydrogen) atoms. The third-order valence-electron chi connectivity index (χ3n) is 7.13. The fourth-order valence-corrected chi connectivity index (χ4v) is 6.35. The van der Waals surface area contributed by atoms with Crippen LogP contribution < -0.4 is 4.90 Å². The number of aromatic nitrogens is 2. The van der Waals surface area contributed by atoms with Crippen LogP contribution in [0.3, 0.4) is 0 Å². The first-order valence-electron chi connectivity index (χ1n) is 12.8. The van der Waals surface area contributed by atoms with Gasteiger partial charge in [-0.05, 0) is 44.0 Å². The Labute approximate surface area is 236 Å². The molecule has 2 atom stereocenters. The Morgan fingerprint density at radius 2 is 2.05 bits per heavy atom. The number of phenols is 1. The second-order valence-corrected chi connectivity index (χ2v) is 11.4. The largest absolute Gasteiger partial charge is 0.507 e. The maximum absolute atomic E-state index is 14.9. The van der Waals surface area contributed by atoms with E-state index in [0.717, 1.165) is 10.7 Å². The second-order valence-electron chi connectivity index (χ2n) is 10.1. The third-order valence-corrected chi connectivity index (χ3v) is 8.28. The predicted octanol–water partition coefficient (Wildman–Crippen LogP) is 5.79. The van der Waals surface area contributed by atoms with Gasteiger partial charge in [0.1, 0.15) is 34.9 Å². The number of rotatable bonds is 4. The maximum Gasteiger partial charge on any atom is 0.246 e. The minimum absolute atomic E-state index is 0.0352. The van der Waals surface area contributed by atoms with E-state index in [-0.39, 0.29) is 52.6 Å². The van der Waals surface area contributed by atoms with Crippen LogP contribution >= 0.6 is 22.9 Å². The summed E-state index contributed by atoms with van der Waals surface area (Å²) >= 11 is 8.23. The lowest BCUT2D eigenvalue weighted by molar-refractivity contribution is -0.130. The summed E-state index contributed by atoms with van der Waals surface area (Å²) in [6.07, 6.45) is 1.34. The van der Waals surface area contributed by atoms with Gasteiger partial charge < -0.3 is 14.9 Å². The Hall–Kier alpha value is -3.50. The Morgan fingerprint density at radius 1 is 1.28 bits per heavy atom. The van der Waals surface area contributed by atoms with E-state index in [9.17, 15) is 14.3 Å². The number of hydrogen-bond donors (Lipinski definition) is 1. The summed E-state index contributed by atoms with van der Waals surface area (Å²) in [5, 5.41) is 11.6. The fraction of sp³-hybridized carbons (Fsp3) is 0.357. The summed E-state index contributed by atoms with van der Waals surface area (Å²) in [5.41, 5.74) is 3.49. The van der Waals surface area contributed by atoms with E-state index in [4.69, 9.17) is 21.6 Å². The zero-order valence-corrected chi connectivity index (χ0v) is 23.8. The number of piperazine rings is 1. The van der Waals surface area contributed by atoms with Crippen LogP contribution in [0.5, 0.6) is 5.75 Å². The van der Waals surface area contributed by atoms with Crippen LogP contribution in [0.2, 0.25) is 5.02 Å². The number of nitrogens with zero attached hydrogens (tertiary/aromatic N) is 6. The summed E-state index contributed by atoms with van der Waals surface area (Å²) in [6.45, 7) is 13.2. The van der Waals surface area contributed by atoms with Crippen LogP contribution in [-0.2, 0) is 4.79 Å². The van der Waals surface area contributed by atoms with Gasteiger partial charge in [-0.25, -0.2) is 19.4 Å². The molecule has 2 unspecified atom stereocenters. The summed E-state index contributed by atoms with van der Waals surface area (Å²) in [5.74, 6) is 0.465. The van der Waals surface area contributed by atoms with E-state index in [2.05, 4.69) is 30.3 Å². The van der Waals surface area contributed by atoms with Crippen molar-refractivity contribution in [3.63, 3.8) is 0 Å². The van der Waals surface area contributed by atoms with Crippen LogP contribution in [0.25, 0.3) is 11.3 Å². The Bertz CT molecular complexity index is 1450. The number of anilines is 2. The van der Waals surface area contributed by atoms with Crippen molar-refractivity contribution in [2.75, 3.05) is 24.7 Å². The quantitative estimate of drug-likeness (QED) is 0.401. The highest BCUT2D eigenvalue weighted by atomic mass is 35.5. The van der Waals surface area contributed by atoms with Crippen molar-refractivity contribution in [3.05, 3.63) is 64.5 Å². The van der Waals surface area contributed by atoms with E-state index >= 15 is 0 Å². The Morgan fingerprint density at radius 3 is 2.74 bits per heavy atom. The number of benzene rings is 1. The van der Waals surface area contributed by atoms with Gasteiger partial charge >= 0.3 is 0 Å². The van der Waals surface area contributed by atoms with Crippen molar-refractivity contribution in [1.82, 2.24) is 19.8 Å². The molecule has 8 nitrogen and oxygen atoms in total. The van der Waals surface area contributed by atoms with Gasteiger partial charge in [-0.2, -0.15) is 0 Å². The highest BCUT2D eigenvalue weighted by Crippen LogP contribution is 2.43. The zero-order chi connectivity index (χ0) is 28.0. The minimum Gasteiger partial charge on any atom is -0.507 e. The number of thiazole rings is 1. The van der Waals surface area contributed by atoms with Crippen molar-refractivity contribution < 1.29 is 14.3 Å². The number of aromatic hydroxyl groups is 1. The van der Waals surface area contributed by atoms with Gasteiger partial charge in [0.15, 0.2) is 0 Å². The monoisotopic (exact) mass is 568 g/mol. The molecule has 4 heterocycles. The molecule has 0 bridgehead atoms. The van der Waals surface area contributed by atoms with Crippen LogP contribution in [0.15, 0.2) is 47.4 Å². The molecular formula is C28H30ClFN6O2S. The maximum atomic E-state index is 14.9. The second kappa shape index (κ2) is 10.6. The number of halogens is 2. The van der Waals surface area contributed by atoms with Crippen molar-refractivity contribution >= 4 is 45.5 Å². The van der Waals surface area contributed by atoms with Crippen LogP contribution in [-0.4, -0.2) is 68.5 Å². The first-order valence-corrected chi connectivity index (χ1v) is 14.0. The topological polar surface area (TPSA) is 85.2 Å². The molecule has 0 aliphatic carbocycles. The average molecular weight is 569 g/mol. The molecule has 11 heteroatoms. The number of hydrogen-bond acceptors (Lipinski definition) is 8. The first-order chi connectivity index (χ1) is 18.6. The summed E-state index contributed by atoms with van der Waals surface area (Å²) < 4.78 is 14.9. The van der Waals surface area contributed by atoms with E-state index in [1.807, 2.05) is 23.6 Å². The number of fused-ring (bicyclic) bond motifs is 1. The van der Waals surface area contributed by atoms with Crippen LogP contribution in [0.4, 0.5) is 15.2 Å². The van der Waals surface area contributed by atoms with Gasteiger partial charge in [0.25, 0.3) is 0 Å². The van der Waals surface area contributed by atoms with E-state index in [1.165, 1.54) is 35.6 Å². The standard InChI is InChI=1S/C28H30ClFN6O2S/c1-6-22(38)34-11-17(5)35(12-16(34)4)26-18-10-19(29)25(23-20(30)8-7-9-21(23)37)33-27(18)36(13-31-26)28-24(15(2)3)32-14-39-28/h6-10,14-17,37H,1,11-13H2,2-5H3. The predicted molar refractivity (Wildman–Crippen MR) is 154 cm³/mol. The van der Waals surface area contributed by atoms with Crippen LogP contribution in [0, 0.1) is 5.82 Å². The molecule has 5 rings (SSSR count). The average Bonchev–Trinajstić information content (AvgIpc) is 3.39. The molecule has 2 aliphatic rings. The number of carbonyl (C=O) groups is 1. The zero-order valence-electron chi connectivity index (χ0n) is 22.2. The lowest BCUT2D eigenvalue weighted by atomic mass is 10.0. The van der Waals surface area contributed by atoms with Crippen LogP contribution in [0.1, 0.15) is 44.9 Å². The molecule has 1 saturated heterocycles. The van der Waals surface area contributed by atoms with E-state index < -0.39 is 5.82 Å². The van der Waals surface area contributed by atoms with Crippen molar-refractivity contribution in [2.24, 2.45) is 4.99 Å². The van der Waals surface area contributed by atoms with Gasteiger partial charge in [0.2, 0.25) is 5.91 Å². The number of phenolic OH excluding ortho intramolecular Hbond substituents is 1. The molecule has 3 aromatic rings. The Balaban J connectivity index is 1.65. The normalized spacial score (nSPS) is 19.3. The highest BCUT2D eigenvalue weighted by Gasteiger charge is 2.37. The van der Waals surface area contributed by atoms with E-state index in [0.29, 0.717) is 30.3 Å². The fourth-order valence-electron chi connectivity index (χ4n) is 5.16. The smallest absolute Gasteiger partial charge is 0.246 e. The van der Waals surface area contributed by atoms with Gasteiger partial charge in [-0.15, -0.1) is 11.3 Å². The minimum atomic E-state index is -0.619. The Kier molecular flexibility index (Phi) is 7.35. The highest BCUT2D eigenvalue weighted by molar-refractivity contribution is 7.14. The molecule has 2 aliphatic heterocycles. The van der Waals surface area contributed by atoms with Crippen molar-refractivity contribution in [3.8, 4) is 17.0 Å². The van der Waals surface area contributed by atoms with Gasteiger partial charge in [0, 0.05) is 25.2 Å². The van der Waals surface area contributed by atoms with Crippen molar-refractivity contribution in [2.45, 2.75) is 45.7 Å². The molecule has 2 aromatic heterocycles. The molecule has 1 fully saturated rings. The third kappa shape index (κ3) is 4.76. The van der Waals surface area contributed by atoms with Gasteiger partial charge in [-0.1, -0.05) is 38.1 Å². The molecule has 1 aromatic carbocycles. The van der Waals surface area contributed by atoms with Crippen molar-refractivity contribution in [1.29, 1.82) is 0 Å². The van der Waals surface area contributed by atoms with Gasteiger partial charge in [-0.3, -0.25) is 9.69 Å². The lowest BCUT2D eigenvalue weighted by Gasteiger charge is -2.46. The molecule has 1 N–H and O–H groups in total. The molecule has 0 spiro atoms. The lowest BCUT2D eigenvalue weighted by Crippen LogP contribution is -2.59. The number of pyridine rings is 1. The summed E-state index contributed by atoms with van der Waals surface area (Å²) in [6, 6.07) is 5.75. The SMILES string of the molecule is C=CC(=O)N1CC(C)N(C2=NCN(c3scnc3C(C)C)c3nc(-c4c(O)cccc4F)c(Cl)cc32)CC1C. The molecule has 0 saturated carbocycles. The molecule has 1 amide bonds. The summed E-state index contributed by atoms with van der Waals surface area (Å²) in [4.78, 5) is 32.8. The first kappa shape index (κ1) is 27.1. The molecule has 204 valence electrons. The summed E-state index contributed by atoms with van der Waals surface area (Å²) in [7, 11) is 0.